The second-order valence-electron chi connectivity index (χ2n) is 8.09. The molecule has 1 aliphatic heterocycles. The van der Waals surface area contributed by atoms with Crippen LogP contribution in [0.25, 0.3) is 5.76 Å². The summed E-state index contributed by atoms with van der Waals surface area (Å²) in [6.45, 7) is 4.84. The number of ketones is 1. The number of ether oxygens (including phenoxy) is 3. The molecule has 0 spiro atoms. The Morgan fingerprint density at radius 2 is 1.75 bits per heavy atom. The first-order chi connectivity index (χ1) is 17.5. The Morgan fingerprint density at radius 3 is 2.39 bits per heavy atom. The molecule has 1 aromatic heterocycles. The quantitative estimate of drug-likeness (QED) is 0.269. The predicted molar refractivity (Wildman–Crippen MR) is 134 cm³/mol. The van der Waals surface area contributed by atoms with Crippen molar-refractivity contribution in [1.29, 1.82) is 0 Å². The van der Waals surface area contributed by atoms with Crippen LogP contribution in [0.5, 0.6) is 17.2 Å². The van der Waals surface area contributed by atoms with Gasteiger partial charge in [-0.15, -0.1) is 0 Å². The number of Topliss-reactive ketones (excluding diaryl/α,β-unsaturated/α-hetero) is 1. The van der Waals surface area contributed by atoms with Crippen LogP contribution in [-0.2, 0) is 16.1 Å². The van der Waals surface area contributed by atoms with Crippen molar-refractivity contribution >= 4 is 17.4 Å². The molecular weight excluding hydrogens is 460 g/mol. The molecule has 0 bridgehead atoms. The maximum atomic E-state index is 13.3. The first-order valence-corrected chi connectivity index (χ1v) is 11.7. The monoisotopic (exact) mass is 488 g/mol. The van der Waals surface area contributed by atoms with Crippen LogP contribution in [0.4, 0.5) is 0 Å². The predicted octanol–water partition coefficient (Wildman–Crippen LogP) is 4.51. The van der Waals surface area contributed by atoms with E-state index in [1.54, 1.807) is 60.9 Å². The van der Waals surface area contributed by atoms with Crippen molar-refractivity contribution in [3.05, 3.63) is 89.3 Å². The standard InChI is InChI=1S/C28H28N2O6/c1-4-35-21-11-8-19(9-12-21)26(31)24-25(20-10-13-22(36-5-2)23(15-20)34-3)30(28(33)27(24)32)17-18-7-6-14-29-16-18/h6-16,25,31H,4-5,17H2,1-3H3/b26-24+/t25-/m0/s1. The molecule has 0 aliphatic carbocycles. The van der Waals surface area contributed by atoms with Crippen LogP contribution in [0.15, 0.2) is 72.6 Å². The third-order valence-electron chi connectivity index (χ3n) is 5.86. The number of hydrogen-bond acceptors (Lipinski definition) is 7. The summed E-state index contributed by atoms with van der Waals surface area (Å²) in [5, 5.41) is 11.3. The van der Waals surface area contributed by atoms with Gasteiger partial charge < -0.3 is 24.2 Å². The summed E-state index contributed by atoms with van der Waals surface area (Å²) in [5.74, 6) is -0.0870. The minimum absolute atomic E-state index is 0.000682. The summed E-state index contributed by atoms with van der Waals surface area (Å²) in [7, 11) is 1.52. The fourth-order valence-corrected chi connectivity index (χ4v) is 4.24. The highest BCUT2D eigenvalue weighted by Gasteiger charge is 2.46. The molecule has 36 heavy (non-hydrogen) atoms. The Bertz CT molecular complexity index is 1270. The van der Waals surface area contributed by atoms with E-state index in [9.17, 15) is 14.7 Å². The molecule has 1 amide bonds. The molecule has 0 radical (unpaired) electrons. The second kappa shape index (κ2) is 10.9. The lowest BCUT2D eigenvalue weighted by molar-refractivity contribution is -0.140. The molecule has 186 valence electrons. The lowest BCUT2D eigenvalue weighted by Crippen LogP contribution is -2.29. The van der Waals surface area contributed by atoms with Gasteiger partial charge in [-0.2, -0.15) is 0 Å². The number of methoxy groups -OCH3 is 1. The van der Waals surface area contributed by atoms with Crippen LogP contribution in [0.3, 0.4) is 0 Å². The summed E-state index contributed by atoms with van der Waals surface area (Å²) in [6, 6.07) is 14.7. The molecule has 1 N–H and O–H groups in total. The number of carbonyl (C=O) groups is 2. The van der Waals surface area contributed by atoms with E-state index in [1.165, 1.54) is 12.0 Å². The molecule has 2 heterocycles. The van der Waals surface area contributed by atoms with Crippen molar-refractivity contribution in [3.63, 3.8) is 0 Å². The topological polar surface area (TPSA) is 98.2 Å². The van der Waals surface area contributed by atoms with E-state index in [0.29, 0.717) is 41.6 Å². The fraction of sp³-hybridized carbons (Fsp3) is 0.250. The normalized spacial score (nSPS) is 16.8. The first-order valence-electron chi connectivity index (χ1n) is 11.7. The maximum Gasteiger partial charge on any atom is 0.295 e. The Balaban J connectivity index is 1.85. The number of nitrogens with zero attached hydrogens (tertiary/aromatic N) is 2. The van der Waals surface area contributed by atoms with Crippen molar-refractivity contribution in [3.8, 4) is 17.2 Å². The number of aliphatic hydroxyl groups excluding tert-OH is 1. The third-order valence-corrected chi connectivity index (χ3v) is 5.86. The number of hydrogen-bond donors (Lipinski definition) is 1. The molecule has 0 saturated carbocycles. The molecule has 4 rings (SSSR count). The number of aliphatic hydroxyl groups is 1. The van der Waals surface area contributed by atoms with Gasteiger partial charge in [0.1, 0.15) is 11.5 Å². The highest BCUT2D eigenvalue weighted by molar-refractivity contribution is 6.46. The van der Waals surface area contributed by atoms with Gasteiger partial charge in [-0.3, -0.25) is 14.6 Å². The number of aromatic nitrogens is 1. The Hall–Kier alpha value is -4.33. The highest BCUT2D eigenvalue weighted by atomic mass is 16.5. The average molecular weight is 489 g/mol. The van der Waals surface area contributed by atoms with E-state index in [2.05, 4.69) is 4.98 Å². The van der Waals surface area contributed by atoms with Crippen molar-refractivity contribution in [2.45, 2.75) is 26.4 Å². The van der Waals surface area contributed by atoms with Crippen LogP contribution < -0.4 is 14.2 Å². The molecule has 1 saturated heterocycles. The zero-order chi connectivity index (χ0) is 25.7. The van der Waals surface area contributed by atoms with E-state index in [0.717, 1.165) is 5.56 Å². The van der Waals surface area contributed by atoms with Gasteiger partial charge in [-0.25, -0.2) is 0 Å². The van der Waals surface area contributed by atoms with Gasteiger partial charge in [-0.05, 0) is 67.4 Å². The molecule has 1 atom stereocenters. The van der Waals surface area contributed by atoms with Crippen molar-refractivity contribution in [2.24, 2.45) is 0 Å². The first kappa shape index (κ1) is 24.8. The second-order valence-corrected chi connectivity index (χ2v) is 8.09. The smallest absolute Gasteiger partial charge is 0.295 e. The summed E-state index contributed by atoms with van der Waals surface area (Å²) in [4.78, 5) is 32.1. The van der Waals surface area contributed by atoms with Gasteiger partial charge in [0.2, 0.25) is 0 Å². The summed E-state index contributed by atoms with van der Waals surface area (Å²) in [5.41, 5.74) is 1.76. The fourth-order valence-electron chi connectivity index (χ4n) is 4.24. The van der Waals surface area contributed by atoms with Crippen molar-refractivity contribution < 1.29 is 28.9 Å². The van der Waals surface area contributed by atoms with Crippen LogP contribution in [-0.4, -0.2) is 47.0 Å². The molecule has 1 fully saturated rings. The van der Waals surface area contributed by atoms with Gasteiger partial charge in [0.25, 0.3) is 11.7 Å². The number of carbonyl (C=O) groups excluding carboxylic acids is 2. The number of likely N-dealkylation sites (tertiary alicyclic amines) is 1. The zero-order valence-corrected chi connectivity index (χ0v) is 20.4. The van der Waals surface area contributed by atoms with Crippen molar-refractivity contribution in [2.75, 3.05) is 20.3 Å². The lowest BCUT2D eigenvalue weighted by atomic mass is 9.94. The number of rotatable bonds is 9. The van der Waals surface area contributed by atoms with Crippen LogP contribution in [0.1, 0.15) is 36.6 Å². The Labute approximate surface area is 209 Å². The van der Waals surface area contributed by atoms with Gasteiger partial charge in [0.15, 0.2) is 11.5 Å². The summed E-state index contributed by atoms with van der Waals surface area (Å²) < 4.78 is 16.6. The van der Waals surface area contributed by atoms with E-state index < -0.39 is 17.7 Å². The van der Waals surface area contributed by atoms with Gasteiger partial charge >= 0.3 is 0 Å². The van der Waals surface area contributed by atoms with Crippen LogP contribution in [0.2, 0.25) is 0 Å². The lowest BCUT2D eigenvalue weighted by Gasteiger charge is -2.26. The van der Waals surface area contributed by atoms with E-state index in [4.69, 9.17) is 14.2 Å². The van der Waals surface area contributed by atoms with E-state index in [1.807, 2.05) is 19.9 Å². The Kier molecular flexibility index (Phi) is 7.53. The summed E-state index contributed by atoms with van der Waals surface area (Å²) in [6.07, 6.45) is 3.28. The average Bonchev–Trinajstić information content (AvgIpc) is 3.15. The minimum Gasteiger partial charge on any atom is -0.507 e. The van der Waals surface area contributed by atoms with Crippen molar-refractivity contribution in [1.82, 2.24) is 9.88 Å². The Morgan fingerprint density at radius 1 is 1.00 bits per heavy atom. The summed E-state index contributed by atoms with van der Waals surface area (Å²) >= 11 is 0. The van der Waals surface area contributed by atoms with Gasteiger partial charge in [-0.1, -0.05) is 12.1 Å². The van der Waals surface area contributed by atoms with Gasteiger partial charge in [0, 0.05) is 24.5 Å². The van der Waals surface area contributed by atoms with E-state index in [-0.39, 0.29) is 17.9 Å². The van der Waals surface area contributed by atoms with Crippen LogP contribution in [0, 0.1) is 0 Å². The molecule has 2 aromatic carbocycles. The zero-order valence-electron chi connectivity index (χ0n) is 20.4. The molecular formula is C28H28N2O6. The molecule has 0 unspecified atom stereocenters. The molecule has 1 aliphatic rings. The van der Waals surface area contributed by atoms with Gasteiger partial charge in [0.05, 0.1) is 31.9 Å². The maximum absolute atomic E-state index is 13.3. The number of amides is 1. The van der Waals surface area contributed by atoms with Crippen LogP contribution >= 0.6 is 0 Å². The SMILES string of the molecule is CCOc1ccc(/C(O)=C2\C(=O)C(=O)N(Cc3cccnc3)[C@H]2c2ccc(OCC)c(OC)c2)cc1. The minimum atomic E-state index is -0.846. The molecule has 8 nitrogen and oxygen atoms in total. The largest absolute Gasteiger partial charge is 0.507 e. The van der Waals surface area contributed by atoms with E-state index >= 15 is 0 Å². The highest BCUT2D eigenvalue weighted by Crippen LogP contribution is 2.42. The number of pyridine rings is 1. The number of benzene rings is 2. The molecule has 8 heteroatoms. The third kappa shape index (κ3) is 4.88. The molecule has 3 aromatic rings.